The molecule has 0 bridgehead atoms. The summed E-state index contributed by atoms with van der Waals surface area (Å²) in [6, 6.07) is 9.19. The quantitative estimate of drug-likeness (QED) is 0.510. The lowest BCUT2D eigenvalue weighted by Crippen LogP contribution is -1.99. The molecule has 0 spiro atoms. The van der Waals surface area contributed by atoms with Gasteiger partial charge in [0.1, 0.15) is 20.6 Å². The van der Waals surface area contributed by atoms with Crippen LogP contribution in [-0.4, -0.2) is 24.7 Å². The average Bonchev–Trinajstić information content (AvgIpc) is 2.80. The van der Waals surface area contributed by atoms with Gasteiger partial charge in [-0.25, -0.2) is 8.42 Å². The predicted molar refractivity (Wildman–Crippen MR) is 86.0 cm³/mol. The van der Waals surface area contributed by atoms with Crippen molar-refractivity contribution >= 4 is 40.8 Å². The molecule has 0 saturated heterocycles. The molecule has 9 heteroatoms. The molecule has 24 heavy (non-hydrogen) atoms. The Balaban J connectivity index is 0.000000647. The summed E-state index contributed by atoms with van der Waals surface area (Å²) in [4.78, 5) is -0.643. The minimum absolute atomic E-state index is 0.0976. The zero-order valence-corrected chi connectivity index (χ0v) is 14.0. The van der Waals surface area contributed by atoms with Crippen molar-refractivity contribution in [1.82, 2.24) is 0 Å². The first-order valence-electron chi connectivity index (χ1n) is 6.72. The van der Waals surface area contributed by atoms with Gasteiger partial charge in [0.25, 0.3) is 0 Å². The van der Waals surface area contributed by atoms with Gasteiger partial charge in [0.2, 0.25) is 0 Å². The van der Waals surface area contributed by atoms with Crippen molar-refractivity contribution < 1.29 is 31.2 Å². The number of fused-ring (bicyclic) bond motifs is 3. The topological polar surface area (TPSA) is 77.4 Å². The molecule has 1 atom stereocenters. The number of rotatable bonds is 1. The van der Waals surface area contributed by atoms with Gasteiger partial charge in [-0.2, -0.15) is 0 Å². The summed E-state index contributed by atoms with van der Waals surface area (Å²) >= 11 is 0. The maximum atomic E-state index is 13.3. The summed E-state index contributed by atoms with van der Waals surface area (Å²) in [5, 5.41) is 8.31. The van der Waals surface area contributed by atoms with Gasteiger partial charge in [-0.1, -0.05) is 12.1 Å². The molecule has 0 aliphatic rings. The molecule has 0 aliphatic carbocycles. The molecule has 1 N–H and O–H groups in total. The lowest BCUT2D eigenvalue weighted by atomic mass is 10.2. The number of thiophene rings is 1. The van der Waals surface area contributed by atoms with Gasteiger partial charge < -0.3 is 9.66 Å². The van der Waals surface area contributed by atoms with Gasteiger partial charge in [0.15, 0.2) is 9.40 Å². The molecule has 2 aromatic carbocycles. The van der Waals surface area contributed by atoms with E-state index in [1.807, 2.05) is 0 Å². The van der Waals surface area contributed by atoms with E-state index in [1.165, 1.54) is 18.2 Å². The molecule has 3 rings (SSSR count). The molecule has 0 fully saturated rings. The fraction of sp³-hybridized carbons (Fsp3) is 0.200. The standard InChI is InChI=1S/C13H7F3O3S2.C2H6O/c14-13(15,16)20-11-4-2-1-3-9(11)10-6-5-8(7-12(10)20)21(17,18)19;1-2-3/h1-7H;3H,2H2,1H3. The predicted octanol–water partition coefficient (Wildman–Crippen LogP) is 4.12. The van der Waals surface area contributed by atoms with E-state index in [4.69, 9.17) is 5.11 Å². The summed E-state index contributed by atoms with van der Waals surface area (Å²) in [7, 11) is -7.04. The Morgan fingerprint density at radius 2 is 1.62 bits per heavy atom. The Morgan fingerprint density at radius 1 is 1.08 bits per heavy atom. The molecule has 0 saturated carbocycles. The second kappa shape index (κ2) is 6.67. The van der Waals surface area contributed by atoms with Crippen LogP contribution in [0.15, 0.2) is 47.4 Å². The SMILES string of the molecule is CCO.O=S(=O)([O-])c1ccc2c3ccccc3[s+](C(F)(F)F)c2c1. The minimum Gasteiger partial charge on any atom is -0.744 e. The van der Waals surface area contributed by atoms with Crippen LogP contribution in [0.3, 0.4) is 0 Å². The van der Waals surface area contributed by atoms with E-state index in [0.29, 0.717) is 10.8 Å². The minimum atomic E-state index is -4.79. The first-order chi connectivity index (χ1) is 11.1. The van der Waals surface area contributed by atoms with Crippen molar-refractivity contribution in [2.24, 2.45) is 0 Å². The summed E-state index contributed by atoms with van der Waals surface area (Å²) in [5.41, 5.74) is -4.54. The number of hydrogen-bond acceptors (Lipinski definition) is 4. The molecule has 1 aromatic heterocycles. The normalized spacial score (nSPS) is 13.0. The number of aliphatic hydroxyl groups excluding tert-OH is 1. The van der Waals surface area contributed by atoms with Gasteiger partial charge in [-0.15, -0.1) is 13.2 Å². The van der Waals surface area contributed by atoms with E-state index in [9.17, 15) is 26.1 Å². The van der Waals surface area contributed by atoms with Crippen LogP contribution in [-0.2, 0) is 15.6 Å². The molecule has 0 amide bonds. The van der Waals surface area contributed by atoms with Gasteiger partial charge in [-0.3, -0.25) is 0 Å². The number of halogens is 3. The Labute approximate surface area is 138 Å². The maximum Gasteiger partial charge on any atom is 0.601 e. The van der Waals surface area contributed by atoms with Gasteiger partial charge >= 0.3 is 5.51 Å². The average molecular weight is 378 g/mol. The lowest BCUT2D eigenvalue weighted by molar-refractivity contribution is -0.0862. The highest BCUT2D eigenvalue weighted by Crippen LogP contribution is 2.54. The molecule has 3 aromatic rings. The van der Waals surface area contributed by atoms with Crippen molar-refractivity contribution in [3.63, 3.8) is 0 Å². The van der Waals surface area contributed by atoms with Crippen molar-refractivity contribution in [2.45, 2.75) is 17.3 Å². The molecule has 4 nitrogen and oxygen atoms in total. The molecule has 1 heterocycles. The number of aliphatic hydroxyl groups is 1. The Bertz CT molecular complexity index is 975. The molecule has 1 unspecified atom stereocenters. The third-order valence-corrected chi connectivity index (χ3v) is 5.96. The van der Waals surface area contributed by atoms with E-state index >= 15 is 0 Å². The van der Waals surface area contributed by atoms with Crippen LogP contribution in [0.5, 0.6) is 0 Å². The van der Waals surface area contributed by atoms with E-state index < -0.39 is 31.0 Å². The second-order valence-corrected chi connectivity index (χ2v) is 8.01. The van der Waals surface area contributed by atoms with Gasteiger partial charge in [0.05, 0.1) is 4.90 Å². The van der Waals surface area contributed by atoms with Crippen LogP contribution in [0.1, 0.15) is 6.92 Å². The summed E-state index contributed by atoms with van der Waals surface area (Å²) in [5.74, 6) is 0. The van der Waals surface area contributed by atoms with Crippen LogP contribution in [0, 0.1) is 0 Å². The van der Waals surface area contributed by atoms with Gasteiger partial charge in [-0.05, 0) is 31.2 Å². The summed E-state index contributed by atoms with van der Waals surface area (Å²) in [6.45, 7) is 1.93. The Hall–Kier alpha value is -1.68. The zero-order valence-electron chi connectivity index (χ0n) is 12.4. The number of benzene rings is 2. The zero-order chi connectivity index (χ0) is 18.1. The highest BCUT2D eigenvalue weighted by atomic mass is 32.2. The second-order valence-electron chi connectivity index (χ2n) is 4.68. The van der Waals surface area contributed by atoms with Crippen LogP contribution in [0.2, 0.25) is 0 Å². The fourth-order valence-electron chi connectivity index (χ4n) is 2.28. The van der Waals surface area contributed by atoms with Crippen molar-refractivity contribution in [2.75, 3.05) is 6.61 Å². The lowest BCUT2D eigenvalue weighted by Gasteiger charge is -2.05. The van der Waals surface area contributed by atoms with E-state index in [-0.39, 0.29) is 16.0 Å². The van der Waals surface area contributed by atoms with Gasteiger partial charge in [0, 0.05) is 23.4 Å². The van der Waals surface area contributed by atoms with Crippen LogP contribution in [0.25, 0.3) is 20.2 Å². The molecular weight excluding hydrogens is 365 g/mol. The summed E-state index contributed by atoms with van der Waals surface area (Å²) in [6.07, 6.45) is 0. The highest BCUT2D eigenvalue weighted by molar-refractivity contribution is 7.85. The van der Waals surface area contributed by atoms with Crippen molar-refractivity contribution in [3.8, 4) is 0 Å². The van der Waals surface area contributed by atoms with E-state index in [2.05, 4.69) is 0 Å². The third kappa shape index (κ3) is 3.54. The Morgan fingerprint density at radius 3 is 2.17 bits per heavy atom. The van der Waals surface area contributed by atoms with Crippen molar-refractivity contribution in [1.29, 1.82) is 0 Å². The molecule has 130 valence electrons. The third-order valence-electron chi connectivity index (χ3n) is 3.09. The summed E-state index contributed by atoms with van der Waals surface area (Å²) < 4.78 is 73.0. The molecule has 0 aliphatic heterocycles. The Kier molecular flexibility index (Phi) is 5.19. The first-order valence-corrected chi connectivity index (χ1v) is 9.36. The molecule has 0 radical (unpaired) electrons. The van der Waals surface area contributed by atoms with Crippen LogP contribution in [0.4, 0.5) is 13.2 Å². The smallest absolute Gasteiger partial charge is 0.601 e. The van der Waals surface area contributed by atoms with Crippen LogP contribution < -0.4 is 0 Å². The maximum absolute atomic E-state index is 13.3. The largest absolute Gasteiger partial charge is 0.744 e. The highest BCUT2D eigenvalue weighted by Gasteiger charge is 2.47. The van der Waals surface area contributed by atoms with E-state index in [0.717, 1.165) is 12.1 Å². The fourth-order valence-corrected chi connectivity index (χ4v) is 4.85. The van der Waals surface area contributed by atoms with E-state index in [1.54, 1.807) is 19.1 Å². The number of alkyl halides is 3. The monoisotopic (exact) mass is 378 g/mol. The number of hydrogen-bond donors (Lipinski definition) is 1. The first kappa shape index (κ1) is 18.7. The van der Waals surface area contributed by atoms with Crippen LogP contribution >= 0.6 is 10.5 Å². The molecular formula is C15H13F3O4S2. The van der Waals surface area contributed by atoms with Crippen molar-refractivity contribution in [3.05, 3.63) is 42.5 Å².